The third-order valence-electron chi connectivity index (χ3n) is 11.6. The number of aliphatic hydroxyl groups excluding tert-OH is 1. The Hall–Kier alpha value is -2.56. The minimum atomic E-state index is -1.17. The summed E-state index contributed by atoms with van der Waals surface area (Å²) < 4.78 is 17.5. The van der Waals surface area contributed by atoms with Crippen LogP contribution in [0.3, 0.4) is 0 Å². The molecule has 0 bridgehead atoms. The Labute approximate surface area is 253 Å². The van der Waals surface area contributed by atoms with E-state index in [4.69, 9.17) is 14.2 Å². The van der Waals surface area contributed by atoms with Crippen LogP contribution in [0.25, 0.3) is 0 Å². The summed E-state index contributed by atoms with van der Waals surface area (Å²) in [6.45, 7) is 8.86. The third kappa shape index (κ3) is 4.88. The Kier molecular flexibility index (Phi) is 8.09. The van der Waals surface area contributed by atoms with Gasteiger partial charge in [-0.25, -0.2) is 4.79 Å². The first-order chi connectivity index (χ1) is 20.5. The molecule has 3 heterocycles. The fraction of sp³-hybridized carbons (Fsp3) is 0.758. The van der Waals surface area contributed by atoms with Crippen LogP contribution in [0.5, 0.6) is 0 Å². The van der Waals surface area contributed by atoms with Gasteiger partial charge in [-0.3, -0.25) is 14.4 Å². The van der Waals surface area contributed by atoms with Crippen LogP contribution in [0.2, 0.25) is 0 Å². The van der Waals surface area contributed by atoms with Crippen molar-refractivity contribution in [3.63, 3.8) is 0 Å². The predicted molar refractivity (Wildman–Crippen MR) is 156 cm³/mol. The van der Waals surface area contributed by atoms with Gasteiger partial charge in [0, 0.05) is 55.8 Å². The molecule has 2 unspecified atom stereocenters. The van der Waals surface area contributed by atoms with E-state index in [-0.39, 0.29) is 18.1 Å². The highest BCUT2D eigenvalue weighted by Gasteiger charge is 2.67. The van der Waals surface area contributed by atoms with Gasteiger partial charge in [-0.2, -0.15) is 0 Å². The van der Waals surface area contributed by atoms with Crippen LogP contribution >= 0.6 is 0 Å². The monoisotopic (exact) mass is 598 g/mol. The minimum absolute atomic E-state index is 0.0167. The number of likely N-dealkylation sites (tertiary alicyclic amines) is 2. The van der Waals surface area contributed by atoms with E-state index in [2.05, 4.69) is 9.80 Å². The molecule has 10 nitrogen and oxygen atoms in total. The van der Waals surface area contributed by atoms with Crippen LogP contribution < -0.4 is 0 Å². The topological polar surface area (TPSA) is 123 Å². The van der Waals surface area contributed by atoms with Crippen molar-refractivity contribution in [2.24, 2.45) is 22.7 Å². The first-order valence-electron chi connectivity index (χ1n) is 16.1. The molecule has 1 N–H and O–H groups in total. The lowest BCUT2D eigenvalue weighted by Crippen LogP contribution is -2.63. The quantitative estimate of drug-likeness (QED) is 0.287. The van der Waals surface area contributed by atoms with Gasteiger partial charge in [-0.1, -0.05) is 20.3 Å². The molecule has 0 aromatic carbocycles. The van der Waals surface area contributed by atoms with Crippen molar-refractivity contribution in [3.05, 3.63) is 22.9 Å². The van der Waals surface area contributed by atoms with Gasteiger partial charge in [-0.05, 0) is 69.5 Å². The third-order valence-corrected chi connectivity index (χ3v) is 11.6. The summed E-state index contributed by atoms with van der Waals surface area (Å²) in [5, 5.41) is 11.0. The van der Waals surface area contributed by atoms with Gasteiger partial charge in [0.2, 0.25) is 11.6 Å². The summed E-state index contributed by atoms with van der Waals surface area (Å²) in [7, 11) is 1.50. The first-order valence-corrected chi connectivity index (χ1v) is 16.1. The van der Waals surface area contributed by atoms with Gasteiger partial charge < -0.3 is 29.1 Å². The second-order valence-electron chi connectivity index (χ2n) is 14.0. The lowest BCUT2D eigenvalue weighted by Gasteiger charge is -2.56. The first kappa shape index (κ1) is 30.5. The van der Waals surface area contributed by atoms with Crippen LogP contribution in [0.15, 0.2) is 22.9 Å². The molecule has 3 aliphatic carbocycles. The number of cyclic esters (lactones) is 1. The molecule has 0 aromatic rings. The molecule has 6 aliphatic rings. The number of ether oxygens (including phenoxy) is 3. The van der Waals surface area contributed by atoms with Crippen LogP contribution in [-0.2, 0) is 33.4 Å². The maximum atomic E-state index is 14.3. The SMILES string of the molecule is COC[C@H]1OC(=O)/C(=C/N2CCC(N3CCCCC3)CC2)C2C(=O)C(=O)C3=C([C@H](OC(C)=O)C[C@@]4(C)C3CC[C@@H]4O)[C@]21C. The van der Waals surface area contributed by atoms with E-state index in [0.29, 0.717) is 36.5 Å². The van der Waals surface area contributed by atoms with Crippen LogP contribution in [0.4, 0.5) is 0 Å². The zero-order chi connectivity index (χ0) is 30.7. The highest BCUT2D eigenvalue weighted by molar-refractivity contribution is 6.47. The van der Waals surface area contributed by atoms with Crippen molar-refractivity contribution in [1.82, 2.24) is 9.80 Å². The number of nitrogens with zero attached hydrogens (tertiary/aromatic N) is 2. The predicted octanol–water partition coefficient (Wildman–Crippen LogP) is 2.58. The van der Waals surface area contributed by atoms with Gasteiger partial charge in [0.05, 0.1) is 24.2 Å². The number of Topliss-reactive ketones (excluding diaryl/α,β-unsaturated/α-hetero) is 2. The fourth-order valence-corrected chi connectivity index (χ4v) is 9.35. The molecule has 7 atom stereocenters. The van der Waals surface area contributed by atoms with Gasteiger partial charge in [-0.15, -0.1) is 0 Å². The number of methoxy groups -OCH3 is 1. The zero-order valence-corrected chi connectivity index (χ0v) is 25.9. The van der Waals surface area contributed by atoms with E-state index in [9.17, 15) is 24.3 Å². The largest absolute Gasteiger partial charge is 0.458 e. The number of fused-ring (bicyclic) bond motifs is 4. The fourth-order valence-electron chi connectivity index (χ4n) is 9.35. The molecular weight excluding hydrogens is 552 g/mol. The highest BCUT2D eigenvalue weighted by atomic mass is 16.6. The zero-order valence-electron chi connectivity index (χ0n) is 25.9. The normalized spacial score (nSPS) is 39.8. The van der Waals surface area contributed by atoms with Gasteiger partial charge in [0.15, 0.2) is 0 Å². The maximum absolute atomic E-state index is 14.3. The summed E-state index contributed by atoms with van der Waals surface area (Å²) in [5.74, 6) is -3.86. The molecule has 43 heavy (non-hydrogen) atoms. The van der Waals surface area contributed by atoms with E-state index in [1.54, 1.807) is 6.20 Å². The van der Waals surface area contributed by atoms with Crippen LogP contribution in [0, 0.1) is 22.7 Å². The Balaban J connectivity index is 1.41. The number of esters is 2. The molecule has 3 aliphatic heterocycles. The van der Waals surface area contributed by atoms with E-state index in [1.165, 1.54) is 33.3 Å². The maximum Gasteiger partial charge on any atom is 0.336 e. The van der Waals surface area contributed by atoms with Crippen molar-refractivity contribution in [2.75, 3.05) is 39.9 Å². The Morgan fingerprint density at radius 1 is 1.05 bits per heavy atom. The number of hydrogen-bond donors (Lipinski definition) is 1. The molecule has 0 radical (unpaired) electrons. The van der Waals surface area contributed by atoms with Gasteiger partial charge in [0.25, 0.3) is 0 Å². The highest BCUT2D eigenvalue weighted by Crippen LogP contribution is 2.63. The summed E-state index contributed by atoms with van der Waals surface area (Å²) in [4.78, 5) is 59.1. The summed E-state index contributed by atoms with van der Waals surface area (Å²) in [5.41, 5.74) is -0.828. The van der Waals surface area contributed by atoms with Crippen LogP contribution in [0.1, 0.15) is 72.1 Å². The number of hydrogen-bond acceptors (Lipinski definition) is 10. The lowest BCUT2D eigenvalue weighted by atomic mass is 9.50. The molecule has 0 amide bonds. The smallest absolute Gasteiger partial charge is 0.336 e. The van der Waals surface area contributed by atoms with E-state index >= 15 is 0 Å². The Morgan fingerprint density at radius 2 is 1.74 bits per heavy atom. The van der Waals surface area contributed by atoms with Crippen molar-refractivity contribution >= 4 is 23.5 Å². The molecule has 6 rings (SSSR count). The Bertz CT molecular complexity index is 1250. The number of ketones is 2. The molecule has 236 valence electrons. The number of aliphatic hydroxyl groups is 1. The number of rotatable bonds is 5. The molecule has 4 fully saturated rings. The number of piperidine rings is 2. The van der Waals surface area contributed by atoms with Crippen molar-refractivity contribution in [3.8, 4) is 0 Å². The van der Waals surface area contributed by atoms with E-state index < -0.39 is 58.6 Å². The molecule has 10 heteroatoms. The standard InChI is InChI=1S/C33H46N2O8/c1-19(36)42-23-16-32(2)22(8-9-24(32)37)26-28(23)33(3)25(18-41-4)43-31(40)21(27(33)30(39)29(26)38)17-34-14-10-20(11-15-34)35-12-6-5-7-13-35/h17,20,22-25,27,37H,5-16,18H2,1-4H3/b21-17+/t22?,23-,24+,25-,27?,32+,33+/m1/s1. The van der Waals surface area contributed by atoms with Gasteiger partial charge >= 0.3 is 11.9 Å². The molecule has 3 saturated heterocycles. The number of carbonyl (C=O) groups excluding carboxylic acids is 4. The second kappa shape index (κ2) is 11.4. The summed E-state index contributed by atoms with van der Waals surface area (Å²) >= 11 is 0. The van der Waals surface area contributed by atoms with Crippen molar-refractivity contribution < 1.29 is 38.5 Å². The van der Waals surface area contributed by atoms with E-state index in [0.717, 1.165) is 39.0 Å². The summed E-state index contributed by atoms with van der Waals surface area (Å²) in [6, 6.07) is 0.512. The van der Waals surface area contributed by atoms with Crippen molar-refractivity contribution in [2.45, 2.75) is 96.5 Å². The average Bonchev–Trinajstić information content (AvgIpc) is 3.27. The Morgan fingerprint density at radius 3 is 2.40 bits per heavy atom. The lowest BCUT2D eigenvalue weighted by molar-refractivity contribution is -0.175. The van der Waals surface area contributed by atoms with Crippen molar-refractivity contribution in [1.29, 1.82) is 0 Å². The van der Waals surface area contributed by atoms with E-state index in [1.807, 2.05) is 13.8 Å². The van der Waals surface area contributed by atoms with Crippen LogP contribution in [-0.4, -0.2) is 103 Å². The molecular formula is C33H46N2O8. The second-order valence-corrected chi connectivity index (χ2v) is 14.0. The number of carbonyl (C=O) groups is 4. The minimum Gasteiger partial charge on any atom is -0.458 e. The summed E-state index contributed by atoms with van der Waals surface area (Å²) in [6.07, 6.45) is 6.39. The van der Waals surface area contributed by atoms with Gasteiger partial charge in [0.1, 0.15) is 12.2 Å². The number of allylic oxidation sites excluding steroid dienone is 1. The molecule has 0 aromatic heterocycles. The molecule has 0 spiro atoms. The average molecular weight is 599 g/mol. The molecule has 1 saturated carbocycles.